The number of ether oxygens (including phenoxy) is 1. The smallest absolute Gasteiger partial charge is 0.416 e. The highest BCUT2D eigenvalue weighted by atomic mass is 19.4. The summed E-state index contributed by atoms with van der Waals surface area (Å²) in [6, 6.07) is 12.0. The van der Waals surface area contributed by atoms with E-state index in [0.29, 0.717) is 17.0 Å². The van der Waals surface area contributed by atoms with Crippen LogP contribution in [-0.4, -0.2) is 28.9 Å². The molecule has 1 fully saturated rings. The third-order valence-electron chi connectivity index (χ3n) is 5.35. The van der Waals surface area contributed by atoms with Crippen molar-refractivity contribution >= 4 is 16.8 Å². The minimum absolute atomic E-state index is 0.0352. The van der Waals surface area contributed by atoms with Crippen molar-refractivity contribution in [3.63, 3.8) is 0 Å². The molecule has 1 unspecified atom stereocenters. The lowest BCUT2D eigenvalue weighted by molar-refractivity contribution is -0.137. The number of carbonyl (C=O) groups is 1. The number of rotatable bonds is 5. The predicted octanol–water partition coefficient (Wildman–Crippen LogP) is 5.56. The molecule has 2 aromatic carbocycles. The monoisotopic (exact) mass is 402 g/mol. The Morgan fingerprint density at radius 3 is 2.59 bits per heavy atom. The van der Waals surface area contributed by atoms with E-state index < -0.39 is 17.8 Å². The van der Waals surface area contributed by atoms with Gasteiger partial charge < -0.3 is 14.6 Å². The summed E-state index contributed by atoms with van der Waals surface area (Å²) in [6.45, 7) is 1.78. The van der Waals surface area contributed by atoms with E-state index in [4.69, 9.17) is 4.74 Å². The highest BCUT2D eigenvalue weighted by molar-refractivity contribution is 5.98. The minimum Gasteiger partial charge on any atom is -0.497 e. The van der Waals surface area contributed by atoms with Crippen molar-refractivity contribution in [2.75, 3.05) is 7.11 Å². The molecule has 4 nitrogen and oxygen atoms in total. The van der Waals surface area contributed by atoms with Crippen LogP contribution in [0.1, 0.15) is 47.4 Å². The molecule has 1 aromatic heterocycles. The van der Waals surface area contributed by atoms with E-state index in [1.807, 2.05) is 18.2 Å². The topological polar surface area (TPSA) is 45.3 Å². The average molecular weight is 402 g/mol. The van der Waals surface area contributed by atoms with E-state index in [1.165, 1.54) is 6.07 Å². The van der Waals surface area contributed by atoms with Crippen molar-refractivity contribution in [1.82, 2.24) is 9.88 Å². The van der Waals surface area contributed by atoms with Gasteiger partial charge in [0.05, 0.1) is 18.7 Å². The van der Waals surface area contributed by atoms with Gasteiger partial charge in [0.2, 0.25) is 0 Å². The van der Waals surface area contributed by atoms with Crippen molar-refractivity contribution in [2.24, 2.45) is 0 Å². The van der Waals surface area contributed by atoms with Gasteiger partial charge >= 0.3 is 6.18 Å². The molecule has 0 spiro atoms. The number of fused-ring (bicyclic) bond motifs is 1. The van der Waals surface area contributed by atoms with Crippen LogP contribution in [0.2, 0.25) is 0 Å². The zero-order chi connectivity index (χ0) is 20.8. The first kappa shape index (κ1) is 19.4. The van der Waals surface area contributed by atoms with Gasteiger partial charge in [-0.1, -0.05) is 12.1 Å². The molecule has 1 aliphatic carbocycles. The molecule has 3 aromatic rings. The molecule has 1 heterocycles. The Balaban J connectivity index is 1.66. The molecule has 0 radical (unpaired) electrons. The lowest BCUT2D eigenvalue weighted by Crippen LogP contribution is -2.35. The number of benzene rings is 2. The molecule has 1 saturated carbocycles. The fourth-order valence-corrected chi connectivity index (χ4v) is 3.63. The zero-order valence-electron chi connectivity index (χ0n) is 16.1. The third-order valence-corrected chi connectivity index (χ3v) is 5.35. The Morgan fingerprint density at radius 1 is 1.17 bits per heavy atom. The number of hydrogen-bond donors (Lipinski definition) is 1. The van der Waals surface area contributed by atoms with Gasteiger partial charge in [-0.15, -0.1) is 0 Å². The lowest BCUT2D eigenvalue weighted by atomic mass is 10.0. The number of H-pyrrole nitrogens is 1. The fraction of sp³-hybridized carbons (Fsp3) is 0.318. The predicted molar refractivity (Wildman–Crippen MR) is 104 cm³/mol. The average Bonchev–Trinajstić information content (AvgIpc) is 3.44. The molecule has 7 heteroatoms. The van der Waals surface area contributed by atoms with E-state index in [-0.39, 0.29) is 11.9 Å². The second-order valence-corrected chi connectivity index (χ2v) is 7.38. The molecular weight excluding hydrogens is 381 g/mol. The number of alkyl halides is 3. The van der Waals surface area contributed by atoms with Crippen LogP contribution in [0.4, 0.5) is 13.2 Å². The molecule has 4 rings (SSSR count). The summed E-state index contributed by atoms with van der Waals surface area (Å²) in [7, 11) is 1.57. The van der Waals surface area contributed by atoms with E-state index in [9.17, 15) is 18.0 Å². The lowest BCUT2D eigenvalue weighted by Gasteiger charge is -2.30. The van der Waals surface area contributed by atoms with E-state index in [2.05, 4.69) is 4.98 Å². The van der Waals surface area contributed by atoms with E-state index in [0.717, 1.165) is 35.9 Å². The molecule has 1 atom stereocenters. The van der Waals surface area contributed by atoms with Crippen LogP contribution >= 0.6 is 0 Å². The molecule has 0 bridgehead atoms. The molecule has 29 heavy (non-hydrogen) atoms. The second kappa shape index (κ2) is 7.13. The number of hydrogen-bond acceptors (Lipinski definition) is 2. The first-order valence-corrected chi connectivity index (χ1v) is 9.44. The Hall–Kier alpha value is -2.96. The quantitative estimate of drug-likeness (QED) is 0.607. The van der Waals surface area contributed by atoms with Gasteiger partial charge in [-0.05, 0) is 55.7 Å². The molecular formula is C22H21F3N2O2. The summed E-state index contributed by atoms with van der Waals surface area (Å²) in [5.41, 5.74) is 0.953. The Bertz CT molecular complexity index is 1050. The van der Waals surface area contributed by atoms with Crippen molar-refractivity contribution in [3.05, 3.63) is 65.4 Å². The Kier molecular flexibility index (Phi) is 4.76. The highest BCUT2D eigenvalue weighted by Gasteiger charge is 2.38. The van der Waals surface area contributed by atoms with Crippen LogP contribution in [0.15, 0.2) is 48.5 Å². The summed E-state index contributed by atoms with van der Waals surface area (Å²) in [6.07, 6.45) is -2.72. The normalized spacial score (nSPS) is 15.3. The van der Waals surface area contributed by atoms with Crippen molar-refractivity contribution in [2.45, 2.75) is 38.0 Å². The van der Waals surface area contributed by atoms with Crippen molar-refractivity contribution in [3.8, 4) is 5.75 Å². The number of methoxy groups -OCH3 is 1. The first-order valence-electron chi connectivity index (χ1n) is 9.44. The van der Waals surface area contributed by atoms with Gasteiger partial charge in [-0.25, -0.2) is 0 Å². The Morgan fingerprint density at radius 2 is 1.93 bits per heavy atom. The van der Waals surface area contributed by atoms with Crippen molar-refractivity contribution < 1.29 is 22.7 Å². The highest BCUT2D eigenvalue weighted by Crippen LogP contribution is 2.38. The Labute approximate surface area is 166 Å². The maximum absolute atomic E-state index is 13.3. The molecule has 0 saturated heterocycles. The summed E-state index contributed by atoms with van der Waals surface area (Å²) in [5, 5.41) is 0.872. The van der Waals surface area contributed by atoms with Crippen LogP contribution in [0.25, 0.3) is 10.9 Å². The summed E-state index contributed by atoms with van der Waals surface area (Å²) in [4.78, 5) is 18.1. The van der Waals surface area contributed by atoms with Gasteiger partial charge in [-0.2, -0.15) is 13.2 Å². The number of nitrogens with zero attached hydrogens (tertiary/aromatic N) is 1. The van der Waals surface area contributed by atoms with Crippen LogP contribution in [0.5, 0.6) is 5.75 Å². The number of aromatic nitrogens is 1. The van der Waals surface area contributed by atoms with Gasteiger partial charge in [0.15, 0.2) is 0 Å². The molecule has 152 valence electrons. The minimum atomic E-state index is -4.42. The molecule has 0 aliphatic heterocycles. The maximum atomic E-state index is 13.3. The summed E-state index contributed by atoms with van der Waals surface area (Å²) in [5.74, 6) is 0.460. The largest absolute Gasteiger partial charge is 0.497 e. The number of halogens is 3. The summed E-state index contributed by atoms with van der Waals surface area (Å²) < 4.78 is 44.5. The van der Waals surface area contributed by atoms with Crippen LogP contribution in [0.3, 0.4) is 0 Å². The number of nitrogens with one attached hydrogen (secondary N) is 1. The van der Waals surface area contributed by atoms with Gasteiger partial charge in [0.1, 0.15) is 11.4 Å². The van der Waals surface area contributed by atoms with Crippen LogP contribution < -0.4 is 4.74 Å². The van der Waals surface area contributed by atoms with Gasteiger partial charge in [-0.3, -0.25) is 4.79 Å². The van der Waals surface area contributed by atoms with E-state index >= 15 is 0 Å². The molecule has 1 aliphatic rings. The van der Waals surface area contributed by atoms with Crippen LogP contribution in [0, 0.1) is 0 Å². The summed E-state index contributed by atoms with van der Waals surface area (Å²) >= 11 is 0. The number of aromatic amines is 1. The molecule has 1 amide bonds. The zero-order valence-corrected chi connectivity index (χ0v) is 16.1. The second-order valence-electron chi connectivity index (χ2n) is 7.38. The standard InChI is InChI=1S/C22H21F3N2O2/c1-13(14-4-3-5-16(10-14)22(23,24)25)27(17-7-8-17)21(28)20-11-15-6-9-18(29-2)12-19(15)26-20/h3-6,9-13,17,26H,7-8H2,1-2H3. The third kappa shape index (κ3) is 3.81. The van der Waals surface area contributed by atoms with Gasteiger partial charge in [0.25, 0.3) is 5.91 Å². The van der Waals surface area contributed by atoms with Crippen molar-refractivity contribution in [1.29, 1.82) is 0 Å². The van der Waals surface area contributed by atoms with Gasteiger partial charge in [0, 0.05) is 23.0 Å². The fourth-order valence-electron chi connectivity index (χ4n) is 3.63. The molecule has 1 N–H and O–H groups in total. The first-order chi connectivity index (χ1) is 13.8. The maximum Gasteiger partial charge on any atom is 0.416 e. The van der Waals surface area contributed by atoms with Crippen LogP contribution in [-0.2, 0) is 6.18 Å². The van der Waals surface area contributed by atoms with E-state index in [1.54, 1.807) is 31.1 Å². The number of amides is 1. The number of carbonyl (C=O) groups excluding carboxylic acids is 1. The SMILES string of the molecule is COc1ccc2cc(C(=O)N(C3CC3)C(C)c3cccc(C(F)(F)F)c3)[nH]c2c1.